The zero-order valence-electron chi connectivity index (χ0n) is 8.82. The molecule has 1 heterocycles. The summed E-state index contributed by atoms with van der Waals surface area (Å²) in [5.74, 6) is 0.731. The van der Waals surface area contributed by atoms with Crippen molar-refractivity contribution < 1.29 is 0 Å². The van der Waals surface area contributed by atoms with E-state index >= 15 is 0 Å². The Labute approximate surface area is 96.1 Å². The first-order chi connectivity index (χ1) is 7.34. The molecule has 1 aromatic heterocycles. The van der Waals surface area contributed by atoms with Crippen molar-refractivity contribution >= 4 is 17.3 Å². The van der Waals surface area contributed by atoms with Crippen molar-refractivity contribution in [1.29, 1.82) is 0 Å². The Morgan fingerprint density at radius 3 is 2.87 bits per heavy atom. The van der Waals surface area contributed by atoms with Gasteiger partial charge in [-0.1, -0.05) is 6.42 Å². The molecule has 0 spiro atoms. The molecule has 1 aliphatic carbocycles. The van der Waals surface area contributed by atoms with Gasteiger partial charge in [0.1, 0.15) is 0 Å². The molecule has 1 saturated carbocycles. The van der Waals surface area contributed by atoms with Crippen LogP contribution >= 0.6 is 11.6 Å². The Balaban J connectivity index is 1.78. The van der Waals surface area contributed by atoms with E-state index in [0.29, 0.717) is 5.38 Å². The summed E-state index contributed by atoms with van der Waals surface area (Å²) in [7, 11) is 0. The molecule has 3 heteroatoms. The van der Waals surface area contributed by atoms with Crippen LogP contribution in [0.25, 0.3) is 0 Å². The standard InChI is InChI=1S/C12H17ClN2/c13-11-3-1-2-10(8-11)9-15-12-4-6-14-7-5-12/h4-7,10-11H,1-3,8-9H2,(H,14,15). The second kappa shape index (κ2) is 5.36. The molecule has 2 nitrogen and oxygen atoms in total. The lowest BCUT2D eigenvalue weighted by Crippen LogP contribution is -2.22. The minimum Gasteiger partial charge on any atom is -0.385 e. The molecule has 0 bridgehead atoms. The summed E-state index contributed by atoms with van der Waals surface area (Å²) in [6.45, 7) is 1.03. The third-order valence-electron chi connectivity index (χ3n) is 2.99. The molecule has 1 fully saturated rings. The van der Waals surface area contributed by atoms with Crippen LogP contribution in [0.15, 0.2) is 24.5 Å². The lowest BCUT2D eigenvalue weighted by molar-refractivity contribution is 0.378. The Hall–Kier alpha value is -0.760. The molecule has 82 valence electrons. The van der Waals surface area contributed by atoms with Gasteiger partial charge in [0.25, 0.3) is 0 Å². The summed E-state index contributed by atoms with van der Waals surface area (Å²) in [6.07, 6.45) is 8.55. The third-order valence-corrected chi connectivity index (χ3v) is 3.39. The summed E-state index contributed by atoms with van der Waals surface area (Å²) in [5, 5.41) is 3.83. The molecule has 0 saturated heterocycles. The minimum atomic E-state index is 0.392. The van der Waals surface area contributed by atoms with Crippen LogP contribution in [0.3, 0.4) is 0 Å². The third kappa shape index (κ3) is 3.38. The van der Waals surface area contributed by atoms with Crippen molar-refractivity contribution in [2.24, 2.45) is 5.92 Å². The van der Waals surface area contributed by atoms with Crippen molar-refractivity contribution in [3.63, 3.8) is 0 Å². The highest BCUT2D eigenvalue weighted by Crippen LogP contribution is 2.27. The van der Waals surface area contributed by atoms with Gasteiger partial charge in [0.2, 0.25) is 0 Å². The van der Waals surface area contributed by atoms with Crippen molar-refractivity contribution in [2.45, 2.75) is 31.1 Å². The number of hydrogen-bond donors (Lipinski definition) is 1. The molecule has 0 amide bonds. The highest BCUT2D eigenvalue weighted by Gasteiger charge is 2.19. The fraction of sp³-hybridized carbons (Fsp3) is 0.583. The number of nitrogens with zero attached hydrogens (tertiary/aromatic N) is 1. The van der Waals surface area contributed by atoms with Gasteiger partial charge in [-0.15, -0.1) is 11.6 Å². The summed E-state index contributed by atoms with van der Waals surface area (Å²) < 4.78 is 0. The highest BCUT2D eigenvalue weighted by molar-refractivity contribution is 6.20. The number of anilines is 1. The second-order valence-corrected chi connectivity index (χ2v) is 4.86. The molecule has 0 aliphatic heterocycles. The monoisotopic (exact) mass is 224 g/mol. The van der Waals surface area contributed by atoms with Gasteiger partial charge < -0.3 is 5.32 Å². The molecule has 1 aliphatic rings. The van der Waals surface area contributed by atoms with E-state index in [4.69, 9.17) is 11.6 Å². The largest absolute Gasteiger partial charge is 0.385 e. The minimum absolute atomic E-state index is 0.392. The van der Waals surface area contributed by atoms with Crippen LogP contribution in [0, 0.1) is 5.92 Å². The van der Waals surface area contributed by atoms with Crippen LogP contribution in [0.2, 0.25) is 0 Å². The smallest absolute Gasteiger partial charge is 0.0371 e. The first-order valence-electron chi connectivity index (χ1n) is 5.62. The van der Waals surface area contributed by atoms with E-state index in [0.717, 1.165) is 24.6 Å². The van der Waals surface area contributed by atoms with E-state index in [1.54, 1.807) is 0 Å². The van der Waals surface area contributed by atoms with Crippen LogP contribution in [0.1, 0.15) is 25.7 Å². The predicted molar refractivity (Wildman–Crippen MR) is 64.3 cm³/mol. The van der Waals surface area contributed by atoms with Crippen LogP contribution in [0.4, 0.5) is 5.69 Å². The average molecular weight is 225 g/mol. The van der Waals surface area contributed by atoms with Gasteiger partial charge in [-0.05, 0) is 37.3 Å². The molecule has 2 unspecified atom stereocenters. The van der Waals surface area contributed by atoms with Crippen molar-refractivity contribution in [3.8, 4) is 0 Å². The fourth-order valence-electron chi connectivity index (χ4n) is 2.14. The van der Waals surface area contributed by atoms with E-state index in [1.807, 2.05) is 24.5 Å². The van der Waals surface area contributed by atoms with E-state index in [1.165, 1.54) is 19.3 Å². The average Bonchev–Trinajstić information content (AvgIpc) is 2.28. The van der Waals surface area contributed by atoms with Crippen LogP contribution in [-0.2, 0) is 0 Å². The Morgan fingerprint density at radius 1 is 1.33 bits per heavy atom. The molecule has 1 N–H and O–H groups in total. The van der Waals surface area contributed by atoms with Crippen LogP contribution in [0.5, 0.6) is 0 Å². The Morgan fingerprint density at radius 2 is 2.13 bits per heavy atom. The summed E-state index contributed by atoms with van der Waals surface area (Å²) in [4.78, 5) is 3.99. The normalized spacial score (nSPS) is 26.2. The first-order valence-corrected chi connectivity index (χ1v) is 6.06. The lowest BCUT2D eigenvalue weighted by Gasteiger charge is -2.25. The predicted octanol–water partition coefficient (Wildman–Crippen LogP) is 3.29. The molecule has 0 aromatic carbocycles. The summed E-state index contributed by atoms with van der Waals surface area (Å²) in [6, 6.07) is 4.00. The van der Waals surface area contributed by atoms with E-state index in [9.17, 15) is 0 Å². The fourth-order valence-corrected chi connectivity index (χ4v) is 2.55. The number of rotatable bonds is 3. The number of halogens is 1. The van der Waals surface area contributed by atoms with Gasteiger partial charge in [-0.3, -0.25) is 4.98 Å². The Kier molecular flexibility index (Phi) is 3.84. The maximum Gasteiger partial charge on any atom is 0.0371 e. The number of pyridine rings is 1. The molecular weight excluding hydrogens is 208 g/mol. The number of aromatic nitrogens is 1. The van der Waals surface area contributed by atoms with Crippen LogP contribution < -0.4 is 5.32 Å². The summed E-state index contributed by atoms with van der Waals surface area (Å²) >= 11 is 6.16. The number of alkyl halides is 1. The van der Waals surface area contributed by atoms with E-state index in [2.05, 4.69) is 10.3 Å². The van der Waals surface area contributed by atoms with Gasteiger partial charge in [-0.2, -0.15) is 0 Å². The second-order valence-electron chi connectivity index (χ2n) is 4.25. The summed E-state index contributed by atoms with van der Waals surface area (Å²) in [5.41, 5.74) is 1.15. The highest BCUT2D eigenvalue weighted by atomic mass is 35.5. The zero-order valence-corrected chi connectivity index (χ0v) is 9.58. The van der Waals surface area contributed by atoms with Crippen LogP contribution in [-0.4, -0.2) is 16.9 Å². The van der Waals surface area contributed by atoms with Gasteiger partial charge in [0.15, 0.2) is 0 Å². The lowest BCUT2D eigenvalue weighted by atomic mass is 9.89. The number of nitrogens with one attached hydrogen (secondary N) is 1. The van der Waals surface area contributed by atoms with Gasteiger partial charge >= 0.3 is 0 Å². The molecule has 0 radical (unpaired) electrons. The quantitative estimate of drug-likeness (QED) is 0.797. The molecule has 15 heavy (non-hydrogen) atoms. The molecule has 2 atom stereocenters. The Bertz CT molecular complexity index is 289. The van der Waals surface area contributed by atoms with Crippen molar-refractivity contribution in [3.05, 3.63) is 24.5 Å². The zero-order chi connectivity index (χ0) is 10.5. The van der Waals surface area contributed by atoms with Crippen molar-refractivity contribution in [1.82, 2.24) is 4.98 Å². The first kappa shape index (κ1) is 10.7. The SMILES string of the molecule is ClC1CCCC(CNc2ccncc2)C1. The molecular formula is C12H17ClN2. The van der Waals surface area contributed by atoms with Crippen molar-refractivity contribution in [2.75, 3.05) is 11.9 Å². The maximum absolute atomic E-state index is 6.16. The molecule has 2 rings (SSSR count). The van der Waals surface area contributed by atoms with Gasteiger partial charge in [-0.25, -0.2) is 0 Å². The maximum atomic E-state index is 6.16. The van der Waals surface area contributed by atoms with Gasteiger partial charge in [0.05, 0.1) is 0 Å². The molecule has 1 aromatic rings. The number of hydrogen-bond acceptors (Lipinski definition) is 2. The van der Waals surface area contributed by atoms with Gasteiger partial charge in [0, 0.05) is 30.0 Å². The van der Waals surface area contributed by atoms with E-state index in [-0.39, 0.29) is 0 Å². The van der Waals surface area contributed by atoms with E-state index < -0.39 is 0 Å². The topological polar surface area (TPSA) is 24.9 Å².